The van der Waals surface area contributed by atoms with Gasteiger partial charge < -0.3 is 0 Å². The second kappa shape index (κ2) is 2.67. The Morgan fingerprint density at radius 1 is 0.929 bits per heavy atom. The van der Waals surface area contributed by atoms with E-state index in [0.717, 1.165) is 16.0 Å². The summed E-state index contributed by atoms with van der Waals surface area (Å²) < 4.78 is 0. The Labute approximate surface area is 82.3 Å². The summed E-state index contributed by atoms with van der Waals surface area (Å²) in [4.78, 5) is 24.3. The summed E-state index contributed by atoms with van der Waals surface area (Å²) in [5.41, 5.74) is 3.14. The zero-order chi connectivity index (χ0) is 10.5. The van der Waals surface area contributed by atoms with Gasteiger partial charge in [0, 0.05) is 7.05 Å². The van der Waals surface area contributed by atoms with Gasteiger partial charge in [-0.25, -0.2) is 0 Å². The molecule has 0 spiro atoms. The van der Waals surface area contributed by atoms with Crippen LogP contribution in [0.3, 0.4) is 0 Å². The first-order valence-corrected chi connectivity index (χ1v) is 4.46. The molecule has 2 amide bonds. The van der Waals surface area contributed by atoms with Crippen LogP contribution < -0.4 is 0 Å². The molecule has 0 aliphatic carbocycles. The highest BCUT2D eigenvalue weighted by atomic mass is 16.2. The zero-order valence-electron chi connectivity index (χ0n) is 8.42. The van der Waals surface area contributed by atoms with E-state index in [4.69, 9.17) is 0 Å². The van der Waals surface area contributed by atoms with E-state index in [1.165, 1.54) is 7.05 Å². The van der Waals surface area contributed by atoms with Gasteiger partial charge in [0.15, 0.2) is 0 Å². The number of rotatable bonds is 0. The predicted octanol–water partition coefficient (Wildman–Crippen LogP) is 1.53. The standard InChI is InChI=1S/C11H11NO2/c1-6-4-8-9(5-7(6)2)11(14)12(3)10(8)13/h4-5H,1-3H3. The van der Waals surface area contributed by atoms with E-state index in [9.17, 15) is 9.59 Å². The molecule has 1 aromatic rings. The van der Waals surface area contributed by atoms with Gasteiger partial charge in [-0.1, -0.05) is 0 Å². The number of hydrogen-bond acceptors (Lipinski definition) is 2. The molecular weight excluding hydrogens is 178 g/mol. The van der Waals surface area contributed by atoms with Crippen LogP contribution in [0.25, 0.3) is 0 Å². The summed E-state index contributed by atoms with van der Waals surface area (Å²) >= 11 is 0. The minimum atomic E-state index is -0.201. The van der Waals surface area contributed by atoms with Crippen molar-refractivity contribution in [2.45, 2.75) is 13.8 Å². The lowest BCUT2D eigenvalue weighted by atomic mass is 10.0. The Morgan fingerprint density at radius 2 is 1.29 bits per heavy atom. The Balaban J connectivity index is 2.71. The van der Waals surface area contributed by atoms with E-state index in [-0.39, 0.29) is 11.8 Å². The lowest BCUT2D eigenvalue weighted by molar-refractivity contribution is 0.0693. The molecule has 14 heavy (non-hydrogen) atoms. The van der Waals surface area contributed by atoms with Crippen molar-refractivity contribution in [2.24, 2.45) is 0 Å². The zero-order valence-corrected chi connectivity index (χ0v) is 8.42. The van der Waals surface area contributed by atoms with Crippen LogP contribution in [0.15, 0.2) is 12.1 Å². The SMILES string of the molecule is Cc1cc2c(cc1C)C(=O)N(C)C2=O. The third-order valence-electron chi connectivity index (χ3n) is 2.70. The fourth-order valence-corrected chi connectivity index (χ4v) is 1.62. The average Bonchev–Trinajstić information content (AvgIpc) is 2.34. The van der Waals surface area contributed by atoms with Gasteiger partial charge in [0.25, 0.3) is 11.8 Å². The van der Waals surface area contributed by atoms with Gasteiger partial charge in [-0.2, -0.15) is 0 Å². The topological polar surface area (TPSA) is 37.4 Å². The minimum absolute atomic E-state index is 0.201. The molecule has 3 heteroatoms. The van der Waals surface area contributed by atoms with Crippen LogP contribution in [0.5, 0.6) is 0 Å². The van der Waals surface area contributed by atoms with E-state index < -0.39 is 0 Å². The van der Waals surface area contributed by atoms with Crippen LogP contribution in [0.1, 0.15) is 31.8 Å². The highest BCUT2D eigenvalue weighted by molar-refractivity contribution is 6.21. The van der Waals surface area contributed by atoms with Crippen molar-refractivity contribution in [3.05, 3.63) is 34.4 Å². The van der Waals surface area contributed by atoms with Gasteiger partial charge in [-0.15, -0.1) is 0 Å². The lowest BCUT2D eigenvalue weighted by Gasteiger charge is -2.02. The van der Waals surface area contributed by atoms with Gasteiger partial charge in [-0.3, -0.25) is 14.5 Å². The maximum Gasteiger partial charge on any atom is 0.261 e. The van der Waals surface area contributed by atoms with Crippen molar-refractivity contribution in [1.29, 1.82) is 0 Å². The van der Waals surface area contributed by atoms with Crippen LogP contribution >= 0.6 is 0 Å². The first kappa shape index (κ1) is 8.94. The molecule has 1 aliphatic rings. The molecular formula is C11H11NO2. The van der Waals surface area contributed by atoms with Crippen molar-refractivity contribution in [1.82, 2.24) is 4.90 Å². The Bertz CT molecular complexity index is 408. The maximum absolute atomic E-state index is 11.6. The van der Waals surface area contributed by atoms with Crippen molar-refractivity contribution >= 4 is 11.8 Å². The largest absolute Gasteiger partial charge is 0.277 e. The number of carbonyl (C=O) groups excluding carboxylic acids is 2. The molecule has 1 aromatic carbocycles. The molecule has 1 heterocycles. The van der Waals surface area contributed by atoms with Crippen LogP contribution in [-0.2, 0) is 0 Å². The summed E-state index contributed by atoms with van der Waals surface area (Å²) in [5.74, 6) is -0.402. The molecule has 0 N–H and O–H groups in total. The van der Waals surface area contributed by atoms with E-state index >= 15 is 0 Å². The Kier molecular flexibility index (Phi) is 1.71. The summed E-state index contributed by atoms with van der Waals surface area (Å²) in [7, 11) is 1.51. The molecule has 0 atom stereocenters. The molecule has 0 saturated carbocycles. The van der Waals surface area contributed by atoms with Gasteiger partial charge in [0.2, 0.25) is 0 Å². The molecule has 0 fully saturated rings. The Morgan fingerprint density at radius 3 is 1.64 bits per heavy atom. The number of nitrogens with zero attached hydrogens (tertiary/aromatic N) is 1. The highest BCUT2D eigenvalue weighted by Gasteiger charge is 2.32. The van der Waals surface area contributed by atoms with E-state index in [1.807, 2.05) is 13.8 Å². The van der Waals surface area contributed by atoms with Gasteiger partial charge in [0.05, 0.1) is 11.1 Å². The monoisotopic (exact) mass is 189 g/mol. The summed E-state index contributed by atoms with van der Waals surface area (Å²) in [6.07, 6.45) is 0. The van der Waals surface area contributed by atoms with Crippen molar-refractivity contribution in [3.63, 3.8) is 0 Å². The van der Waals surface area contributed by atoms with Gasteiger partial charge >= 0.3 is 0 Å². The van der Waals surface area contributed by atoms with Crippen LogP contribution in [0.4, 0.5) is 0 Å². The number of benzene rings is 1. The quantitative estimate of drug-likeness (QED) is 0.580. The fraction of sp³-hybridized carbons (Fsp3) is 0.273. The van der Waals surface area contributed by atoms with E-state index in [2.05, 4.69) is 0 Å². The molecule has 0 aromatic heterocycles. The van der Waals surface area contributed by atoms with Crippen molar-refractivity contribution in [2.75, 3.05) is 7.05 Å². The van der Waals surface area contributed by atoms with Crippen molar-refractivity contribution in [3.8, 4) is 0 Å². The molecule has 0 saturated heterocycles. The molecule has 72 valence electrons. The normalized spacial score (nSPS) is 14.9. The second-order valence-corrected chi connectivity index (χ2v) is 3.65. The first-order chi connectivity index (χ1) is 6.52. The van der Waals surface area contributed by atoms with E-state index in [0.29, 0.717) is 11.1 Å². The second-order valence-electron chi connectivity index (χ2n) is 3.65. The summed E-state index contributed by atoms with van der Waals surface area (Å²) in [5, 5.41) is 0. The number of hydrogen-bond donors (Lipinski definition) is 0. The summed E-state index contributed by atoms with van der Waals surface area (Å²) in [6, 6.07) is 3.57. The summed E-state index contributed by atoms with van der Waals surface area (Å²) in [6.45, 7) is 3.87. The van der Waals surface area contributed by atoms with Crippen LogP contribution in [0.2, 0.25) is 0 Å². The number of fused-ring (bicyclic) bond motifs is 1. The average molecular weight is 189 g/mol. The maximum atomic E-state index is 11.6. The molecule has 0 radical (unpaired) electrons. The number of carbonyl (C=O) groups is 2. The highest BCUT2D eigenvalue weighted by Crippen LogP contribution is 2.24. The number of aryl methyl sites for hydroxylation is 2. The third kappa shape index (κ3) is 0.985. The number of amides is 2. The smallest absolute Gasteiger partial charge is 0.261 e. The van der Waals surface area contributed by atoms with Crippen molar-refractivity contribution < 1.29 is 9.59 Å². The minimum Gasteiger partial charge on any atom is -0.277 e. The first-order valence-electron chi connectivity index (χ1n) is 4.46. The Hall–Kier alpha value is -1.64. The molecule has 3 nitrogen and oxygen atoms in total. The lowest BCUT2D eigenvalue weighted by Crippen LogP contribution is -2.24. The molecule has 2 rings (SSSR count). The molecule has 0 bridgehead atoms. The van der Waals surface area contributed by atoms with E-state index in [1.54, 1.807) is 12.1 Å². The number of imide groups is 1. The van der Waals surface area contributed by atoms with Gasteiger partial charge in [-0.05, 0) is 37.1 Å². The van der Waals surface area contributed by atoms with Gasteiger partial charge in [0.1, 0.15) is 0 Å². The van der Waals surface area contributed by atoms with Crippen LogP contribution in [0, 0.1) is 13.8 Å². The van der Waals surface area contributed by atoms with Crippen LogP contribution in [-0.4, -0.2) is 23.8 Å². The molecule has 1 aliphatic heterocycles. The fourth-order valence-electron chi connectivity index (χ4n) is 1.62. The molecule has 0 unspecified atom stereocenters. The predicted molar refractivity (Wildman–Crippen MR) is 52.3 cm³/mol. The third-order valence-corrected chi connectivity index (χ3v) is 2.70.